The molecule has 0 atom stereocenters. The number of hydrogen-bond acceptors (Lipinski definition) is 4. The van der Waals surface area contributed by atoms with Gasteiger partial charge in [0.05, 0.1) is 21.2 Å². The molecule has 0 spiro atoms. The van der Waals surface area contributed by atoms with E-state index in [1.807, 2.05) is 0 Å². The van der Waals surface area contributed by atoms with Crippen molar-refractivity contribution in [1.82, 2.24) is 0 Å². The van der Waals surface area contributed by atoms with E-state index in [1.165, 1.54) is 28.6 Å². The summed E-state index contributed by atoms with van der Waals surface area (Å²) in [4.78, 5) is 0.135. The maximum absolute atomic E-state index is 13.3. The Morgan fingerprint density at radius 2 is 1.65 bits per heavy atom. The molecule has 1 aliphatic rings. The molecule has 9 heteroatoms. The average molecular weight is 461 g/mol. The van der Waals surface area contributed by atoms with E-state index in [0.717, 1.165) is 17.7 Å². The van der Waals surface area contributed by atoms with E-state index in [0.29, 0.717) is 24.1 Å². The van der Waals surface area contributed by atoms with Gasteiger partial charge in [-0.2, -0.15) is 0 Å². The van der Waals surface area contributed by atoms with Gasteiger partial charge in [0, 0.05) is 6.54 Å². The normalized spacial score (nSPS) is 14.2. The van der Waals surface area contributed by atoms with Crippen LogP contribution in [0.4, 0.5) is 15.8 Å². The summed E-state index contributed by atoms with van der Waals surface area (Å²) in [6, 6.07) is 16.2. The highest BCUT2D eigenvalue weighted by molar-refractivity contribution is 7.93. The lowest BCUT2D eigenvalue weighted by atomic mass is 10.0. The maximum Gasteiger partial charge on any atom is 0.264 e. The molecule has 0 bridgehead atoms. The molecular formula is C22H21FN2O4S2. The Hall–Kier alpha value is -2.91. The number of hydrogen-bond donors (Lipinski definition) is 1. The summed E-state index contributed by atoms with van der Waals surface area (Å²) in [5.74, 6) is -0.522. The highest BCUT2D eigenvalue weighted by Crippen LogP contribution is 2.35. The molecule has 0 saturated carbocycles. The van der Waals surface area contributed by atoms with Crippen LogP contribution in [0.5, 0.6) is 0 Å². The third kappa shape index (κ3) is 4.15. The molecule has 31 heavy (non-hydrogen) atoms. The zero-order valence-electron chi connectivity index (χ0n) is 16.7. The van der Waals surface area contributed by atoms with Gasteiger partial charge in [-0.3, -0.25) is 9.03 Å². The third-order valence-corrected chi connectivity index (χ3v) is 8.57. The molecule has 3 aromatic rings. The van der Waals surface area contributed by atoms with E-state index < -0.39 is 25.9 Å². The van der Waals surface area contributed by atoms with Crippen LogP contribution in [0.3, 0.4) is 0 Å². The first kappa shape index (κ1) is 21.3. The van der Waals surface area contributed by atoms with Gasteiger partial charge in [0.2, 0.25) is 0 Å². The first-order valence-electron chi connectivity index (χ1n) is 9.68. The van der Waals surface area contributed by atoms with Gasteiger partial charge in [-0.25, -0.2) is 21.2 Å². The van der Waals surface area contributed by atoms with Crippen molar-refractivity contribution in [2.75, 3.05) is 15.6 Å². The molecule has 0 aliphatic carbocycles. The van der Waals surface area contributed by atoms with Gasteiger partial charge < -0.3 is 0 Å². The number of sulfonamides is 2. The Balaban J connectivity index is 1.72. The average Bonchev–Trinajstić information content (AvgIpc) is 2.73. The van der Waals surface area contributed by atoms with Crippen LogP contribution >= 0.6 is 0 Å². The third-order valence-electron chi connectivity index (χ3n) is 5.20. The van der Waals surface area contributed by atoms with Gasteiger partial charge in [-0.05, 0) is 73.4 Å². The second kappa shape index (κ2) is 7.97. The molecule has 1 heterocycles. The molecule has 0 unspecified atom stereocenters. The van der Waals surface area contributed by atoms with Gasteiger partial charge in [0.1, 0.15) is 5.82 Å². The summed E-state index contributed by atoms with van der Waals surface area (Å²) in [5.41, 5.74) is 2.09. The van der Waals surface area contributed by atoms with Gasteiger partial charge in [-0.15, -0.1) is 0 Å². The van der Waals surface area contributed by atoms with Crippen molar-refractivity contribution in [3.05, 3.63) is 83.7 Å². The van der Waals surface area contributed by atoms with Crippen LogP contribution in [0.1, 0.15) is 17.5 Å². The van der Waals surface area contributed by atoms with Crippen LogP contribution in [0.2, 0.25) is 0 Å². The zero-order chi connectivity index (χ0) is 22.2. The highest BCUT2D eigenvalue weighted by atomic mass is 32.2. The molecule has 1 aliphatic heterocycles. The highest BCUT2D eigenvalue weighted by Gasteiger charge is 2.30. The first-order valence-corrected chi connectivity index (χ1v) is 12.6. The van der Waals surface area contributed by atoms with Gasteiger partial charge >= 0.3 is 0 Å². The maximum atomic E-state index is 13.3. The predicted octanol–water partition coefficient (Wildman–Crippen LogP) is 4.08. The number of halogens is 1. The molecule has 0 aromatic heterocycles. The number of anilines is 2. The zero-order valence-corrected chi connectivity index (χ0v) is 18.4. The molecule has 0 amide bonds. The van der Waals surface area contributed by atoms with Gasteiger partial charge in [-0.1, -0.05) is 24.3 Å². The van der Waals surface area contributed by atoms with E-state index in [2.05, 4.69) is 4.72 Å². The van der Waals surface area contributed by atoms with E-state index in [9.17, 15) is 21.2 Å². The van der Waals surface area contributed by atoms with Crippen molar-refractivity contribution in [3.63, 3.8) is 0 Å². The number of nitrogens with zero attached hydrogens (tertiary/aromatic N) is 1. The molecular weight excluding hydrogens is 439 g/mol. The van der Waals surface area contributed by atoms with Crippen LogP contribution in [0.15, 0.2) is 76.5 Å². The number of benzene rings is 3. The van der Waals surface area contributed by atoms with E-state index in [1.54, 1.807) is 37.3 Å². The fourth-order valence-electron chi connectivity index (χ4n) is 3.66. The summed E-state index contributed by atoms with van der Waals surface area (Å²) in [5, 5.41) is 0. The van der Waals surface area contributed by atoms with Gasteiger partial charge in [0.15, 0.2) is 0 Å². The monoisotopic (exact) mass is 460 g/mol. The number of fused-ring (bicyclic) bond motifs is 1. The standard InChI is InChI=1S/C22H21FN2O4S2/c1-16-5-2-3-7-22(16)30(26,27)24-19-11-8-17-6-4-14-25(21(17)15-19)31(28,29)20-12-9-18(23)10-13-20/h2-3,5,7-13,15,24H,4,6,14H2,1H3. The van der Waals surface area contributed by atoms with Crippen LogP contribution in [-0.4, -0.2) is 23.4 Å². The van der Waals surface area contributed by atoms with Crippen LogP contribution < -0.4 is 9.03 Å². The lowest BCUT2D eigenvalue weighted by Crippen LogP contribution is -2.35. The van der Waals surface area contributed by atoms with E-state index >= 15 is 0 Å². The fourth-order valence-corrected chi connectivity index (χ4v) is 6.49. The summed E-state index contributed by atoms with van der Waals surface area (Å²) in [7, 11) is -7.76. The Bertz CT molecular complexity index is 1340. The quantitative estimate of drug-likeness (QED) is 0.622. The summed E-state index contributed by atoms with van der Waals surface area (Å²) in [6.45, 7) is 1.96. The molecule has 162 valence electrons. The van der Waals surface area contributed by atoms with Crippen molar-refractivity contribution < 1.29 is 21.2 Å². The van der Waals surface area contributed by atoms with Crippen LogP contribution in [0, 0.1) is 12.7 Å². The Morgan fingerprint density at radius 3 is 2.35 bits per heavy atom. The number of rotatable bonds is 5. The first-order chi connectivity index (χ1) is 14.7. The predicted molar refractivity (Wildman–Crippen MR) is 118 cm³/mol. The van der Waals surface area contributed by atoms with Crippen LogP contribution in [-0.2, 0) is 26.5 Å². The SMILES string of the molecule is Cc1ccccc1S(=O)(=O)Nc1ccc2c(c1)N(S(=O)(=O)c1ccc(F)cc1)CCC2. The molecule has 4 rings (SSSR count). The van der Waals surface area contributed by atoms with Crippen molar-refractivity contribution in [2.24, 2.45) is 0 Å². The summed E-state index contributed by atoms with van der Waals surface area (Å²) < 4.78 is 69.1. The topological polar surface area (TPSA) is 83.6 Å². The second-order valence-electron chi connectivity index (χ2n) is 7.35. The molecule has 6 nitrogen and oxygen atoms in total. The fraction of sp³-hybridized carbons (Fsp3) is 0.182. The minimum Gasteiger partial charge on any atom is -0.280 e. The minimum absolute atomic E-state index is 0.0207. The molecule has 3 aromatic carbocycles. The smallest absolute Gasteiger partial charge is 0.264 e. The Morgan fingerprint density at radius 1 is 0.935 bits per heavy atom. The Labute approximate surface area is 181 Å². The van der Waals surface area contributed by atoms with Crippen molar-refractivity contribution >= 4 is 31.4 Å². The molecule has 0 radical (unpaired) electrons. The van der Waals surface area contributed by atoms with Crippen molar-refractivity contribution in [2.45, 2.75) is 29.6 Å². The summed E-state index contributed by atoms with van der Waals surface area (Å²) in [6.07, 6.45) is 1.30. The minimum atomic E-state index is -3.92. The van der Waals surface area contributed by atoms with Crippen LogP contribution in [0.25, 0.3) is 0 Å². The van der Waals surface area contributed by atoms with Crippen molar-refractivity contribution in [3.8, 4) is 0 Å². The second-order valence-corrected chi connectivity index (χ2v) is 10.9. The van der Waals surface area contributed by atoms with Gasteiger partial charge in [0.25, 0.3) is 20.0 Å². The lowest BCUT2D eigenvalue weighted by Gasteiger charge is -2.31. The summed E-state index contributed by atoms with van der Waals surface area (Å²) >= 11 is 0. The molecule has 1 N–H and O–H groups in total. The lowest BCUT2D eigenvalue weighted by molar-refractivity contribution is 0.585. The number of aryl methyl sites for hydroxylation is 2. The number of nitrogens with one attached hydrogen (secondary N) is 1. The molecule has 0 saturated heterocycles. The van der Waals surface area contributed by atoms with E-state index in [4.69, 9.17) is 0 Å². The molecule has 0 fully saturated rings. The Kier molecular flexibility index (Phi) is 5.49. The van der Waals surface area contributed by atoms with E-state index in [-0.39, 0.29) is 22.0 Å². The van der Waals surface area contributed by atoms with Crippen molar-refractivity contribution in [1.29, 1.82) is 0 Å². The largest absolute Gasteiger partial charge is 0.280 e.